The van der Waals surface area contributed by atoms with Crippen molar-refractivity contribution < 1.29 is 4.79 Å². The lowest BCUT2D eigenvalue weighted by atomic mass is 9.91. The molecule has 96 valence electrons. The van der Waals surface area contributed by atoms with Crippen LogP contribution in [0.5, 0.6) is 0 Å². The van der Waals surface area contributed by atoms with Crippen LogP contribution in [-0.2, 0) is 17.6 Å². The Morgan fingerprint density at radius 2 is 1.80 bits per heavy atom. The van der Waals surface area contributed by atoms with Crippen LogP contribution in [0.1, 0.15) is 17.5 Å². The Labute approximate surface area is 119 Å². The fraction of sp³-hybridized carbons (Fsp3) is 0.250. The number of benzene rings is 1. The van der Waals surface area contributed by atoms with Gasteiger partial charge >= 0.3 is 0 Å². The van der Waals surface area contributed by atoms with E-state index in [-0.39, 0.29) is 5.91 Å². The Kier molecular flexibility index (Phi) is 2.46. The van der Waals surface area contributed by atoms with E-state index in [9.17, 15) is 4.79 Å². The third kappa shape index (κ3) is 1.68. The number of anilines is 1. The molecule has 0 bridgehead atoms. The number of aryl methyl sites for hydroxylation is 1. The van der Waals surface area contributed by atoms with Crippen molar-refractivity contribution in [1.82, 2.24) is 4.98 Å². The summed E-state index contributed by atoms with van der Waals surface area (Å²) >= 11 is 0. The molecular formula is C16H13BN2O. The lowest BCUT2D eigenvalue weighted by Crippen LogP contribution is -2.32. The van der Waals surface area contributed by atoms with Crippen molar-refractivity contribution in [2.75, 3.05) is 11.4 Å². The molecule has 3 nitrogen and oxygen atoms in total. The van der Waals surface area contributed by atoms with Gasteiger partial charge in [-0.1, -0.05) is 11.5 Å². The van der Waals surface area contributed by atoms with E-state index in [0.717, 1.165) is 36.2 Å². The number of rotatable bonds is 1. The number of nitrogens with zero attached hydrogens (tertiary/aromatic N) is 2. The summed E-state index contributed by atoms with van der Waals surface area (Å²) in [5.74, 6) is 0.259. The second kappa shape index (κ2) is 4.20. The summed E-state index contributed by atoms with van der Waals surface area (Å²) in [4.78, 5) is 18.0. The van der Waals surface area contributed by atoms with Gasteiger partial charge in [-0.2, -0.15) is 0 Å². The number of aromatic nitrogens is 1. The molecule has 4 heteroatoms. The molecule has 0 saturated carbocycles. The predicted octanol–water partition coefficient (Wildman–Crippen LogP) is 1.38. The molecule has 1 amide bonds. The summed E-state index contributed by atoms with van der Waals surface area (Å²) in [5.41, 5.74) is 6.56. The van der Waals surface area contributed by atoms with Crippen molar-refractivity contribution in [3.63, 3.8) is 0 Å². The molecule has 2 aromatic rings. The topological polar surface area (TPSA) is 33.2 Å². The van der Waals surface area contributed by atoms with Gasteiger partial charge in [0.15, 0.2) is 0 Å². The van der Waals surface area contributed by atoms with Crippen LogP contribution in [0.25, 0.3) is 11.1 Å². The summed E-state index contributed by atoms with van der Waals surface area (Å²) in [6.07, 6.45) is 5.89. The molecule has 0 atom stereocenters. The molecule has 0 spiro atoms. The molecule has 2 aliphatic heterocycles. The molecule has 0 aliphatic carbocycles. The first kappa shape index (κ1) is 11.7. The molecule has 0 N–H and O–H groups in total. The number of carbonyl (C=O) groups excluding carboxylic acids is 1. The van der Waals surface area contributed by atoms with Gasteiger partial charge in [-0.3, -0.25) is 9.78 Å². The fourth-order valence-electron chi connectivity index (χ4n) is 3.24. The van der Waals surface area contributed by atoms with E-state index in [0.29, 0.717) is 11.9 Å². The van der Waals surface area contributed by atoms with Gasteiger partial charge in [0, 0.05) is 25.4 Å². The first-order valence-corrected chi connectivity index (χ1v) is 6.89. The van der Waals surface area contributed by atoms with E-state index in [4.69, 9.17) is 7.85 Å². The molecule has 20 heavy (non-hydrogen) atoms. The second-order valence-electron chi connectivity index (χ2n) is 5.45. The van der Waals surface area contributed by atoms with Crippen LogP contribution in [0, 0.1) is 0 Å². The van der Waals surface area contributed by atoms with Gasteiger partial charge < -0.3 is 4.90 Å². The molecule has 3 heterocycles. The Hall–Kier alpha value is -2.10. The highest BCUT2D eigenvalue weighted by atomic mass is 16.2. The van der Waals surface area contributed by atoms with Crippen molar-refractivity contribution in [3.8, 4) is 11.1 Å². The molecule has 1 aromatic heterocycles. The van der Waals surface area contributed by atoms with Gasteiger partial charge in [0.05, 0.1) is 5.69 Å². The van der Waals surface area contributed by atoms with Gasteiger partial charge in [-0.15, -0.1) is 0 Å². The van der Waals surface area contributed by atoms with E-state index < -0.39 is 0 Å². The minimum absolute atomic E-state index is 0.259. The summed E-state index contributed by atoms with van der Waals surface area (Å²) in [6, 6.07) is 6.30. The zero-order chi connectivity index (χ0) is 13.7. The average molecular weight is 260 g/mol. The normalized spacial score (nSPS) is 16.4. The summed E-state index contributed by atoms with van der Waals surface area (Å²) in [5, 5.41) is 0. The molecule has 0 unspecified atom stereocenters. The van der Waals surface area contributed by atoms with Crippen molar-refractivity contribution in [3.05, 3.63) is 41.7 Å². The number of hydrogen-bond donors (Lipinski definition) is 0. The predicted molar refractivity (Wildman–Crippen MR) is 79.4 cm³/mol. The van der Waals surface area contributed by atoms with Crippen molar-refractivity contribution in [2.24, 2.45) is 0 Å². The van der Waals surface area contributed by atoms with E-state index in [1.54, 1.807) is 6.20 Å². The minimum Gasteiger partial charge on any atom is -0.312 e. The van der Waals surface area contributed by atoms with Crippen LogP contribution in [0.15, 0.2) is 30.6 Å². The van der Waals surface area contributed by atoms with Gasteiger partial charge in [0.25, 0.3) is 0 Å². The summed E-state index contributed by atoms with van der Waals surface area (Å²) in [7, 11) is 5.82. The number of carbonyl (C=O) groups is 1. The molecule has 1 aromatic carbocycles. The van der Waals surface area contributed by atoms with Gasteiger partial charge in [-0.05, 0) is 47.2 Å². The Morgan fingerprint density at radius 3 is 2.60 bits per heavy atom. The Morgan fingerprint density at radius 1 is 1.00 bits per heavy atom. The molecule has 0 saturated heterocycles. The fourth-order valence-corrected chi connectivity index (χ4v) is 3.24. The standard InChI is InChI=1S/C16H13BN2O/c17-14-7-13(8-18-9-14)12-5-10-1-2-15(20)19-4-3-11(6-12)16(10)19/h5-9H,1-4H2. The molecule has 2 aliphatic rings. The Balaban J connectivity index is 1.87. The molecule has 0 fully saturated rings. The first-order valence-electron chi connectivity index (χ1n) is 6.89. The van der Waals surface area contributed by atoms with Crippen molar-refractivity contribution in [2.45, 2.75) is 19.3 Å². The smallest absolute Gasteiger partial charge is 0.227 e. The van der Waals surface area contributed by atoms with Crippen LogP contribution in [0.2, 0.25) is 0 Å². The Bertz CT molecular complexity index is 726. The number of hydrogen-bond acceptors (Lipinski definition) is 2. The summed E-state index contributed by atoms with van der Waals surface area (Å²) < 4.78 is 0. The van der Waals surface area contributed by atoms with Crippen molar-refractivity contribution in [1.29, 1.82) is 0 Å². The first-order chi connectivity index (χ1) is 9.72. The molecular weight excluding hydrogens is 247 g/mol. The van der Waals surface area contributed by atoms with Crippen LogP contribution in [-0.4, -0.2) is 25.3 Å². The van der Waals surface area contributed by atoms with Crippen LogP contribution in [0.4, 0.5) is 5.69 Å². The van der Waals surface area contributed by atoms with E-state index in [2.05, 4.69) is 17.1 Å². The van der Waals surface area contributed by atoms with Gasteiger partial charge in [-0.25, -0.2) is 0 Å². The lowest BCUT2D eigenvalue weighted by molar-refractivity contribution is -0.118. The maximum atomic E-state index is 11.9. The van der Waals surface area contributed by atoms with Gasteiger partial charge in [0.1, 0.15) is 7.85 Å². The van der Waals surface area contributed by atoms with E-state index >= 15 is 0 Å². The lowest BCUT2D eigenvalue weighted by Gasteiger charge is -2.25. The van der Waals surface area contributed by atoms with Crippen LogP contribution >= 0.6 is 0 Å². The molecule has 4 rings (SSSR count). The van der Waals surface area contributed by atoms with Crippen LogP contribution < -0.4 is 10.4 Å². The maximum absolute atomic E-state index is 11.9. The number of amides is 1. The highest BCUT2D eigenvalue weighted by Gasteiger charge is 2.31. The monoisotopic (exact) mass is 260 g/mol. The van der Waals surface area contributed by atoms with Crippen LogP contribution in [0.3, 0.4) is 0 Å². The highest BCUT2D eigenvalue weighted by Crippen LogP contribution is 2.39. The highest BCUT2D eigenvalue weighted by molar-refractivity contribution is 6.32. The largest absolute Gasteiger partial charge is 0.312 e. The van der Waals surface area contributed by atoms with Crippen molar-refractivity contribution >= 4 is 24.9 Å². The number of pyridine rings is 1. The third-order valence-corrected chi connectivity index (χ3v) is 4.14. The zero-order valence-corrected chi connectivity index (χ0v) is 11.1. The van der Waals surface area contributed by atoms with E-state index in [1.165, 1.54) is 11.1 Å². The second-order valence-corrected chi connectivity index (χ2v) is 5.45. The summed E-state index contributed by atoms with van der Waals surface area (Å²) in [6.45, 7) is 0.819. The van der Waals surface area contributed by atoms with Gasteiger partial charge in [0.2, 0.25) is 5.91 Å². The third-order valence-electron chi connectivity index (χ3n) is 4.14. The quantitative estimate of drug-likeness (QED) is 0.726. The molecule has 2 radical (unpaired) electrons. The SMILES string of the molecule is [B]c1cncc(-c2cc3c4c(c2)CCN4C(=O)CC3)c1. The average Bonchev–Trinajstić information content (AvgIpc) is 2.88. The zero-order valence-electron chi connectivity index (χ0n) is 11.1. The maximum Gasteiger partial charge on any atom is 0.227 e. The minimum atomic E-state index is 0.259. The van der Waals surface area contributed by atoms with E-state index in [1.807, 2.05) is 17.2 Å².